The minimum absolute atomic E-state index is 0.166. The van der Waals surface area contributed by atoms with Gasteiger partial charge in [-0.2, -0.15) is 0 Å². The summed E-state index contributed by atoms with van der Waals surface area (Å²) < 4.78 is 19.2. The number of carbonyl (C=O) groups is 2. The van der Waals surface area contributed by atoms with Crippen molar-refractivity contribution < 1.29 is 18.7 Å². The van der Waals surface area contributed by atoms with E-state index in [0.717, 1.165) is 0 Å². The van der Waals surface area contributed by atoms with Crippen LogP contribution in [0.2, 0.25) is 5.02 Å². The Kier molecular flexibility index (Phi) is 8.14. The van der Waals surface area contributed by atoms with Crippen LogP contribution in [0.1, 0.15) is 15.9 Å². The summed E-state index contributed by atoms with van der Waals surface area (Å²) in [6, 6.07) is 18.5. The summed E-state index contributed by atoms with van der Waals surface area (Å²) in [7, 11) is 3.04. The molecule has 0 atom stereocenters. The van der Waals surface area contributed by atoms with Gasteiger partial charge in [0.25, 0.3) is 5.91 Å². The molecule has 0 heterocycles. The maximum Gasteiger partial charge on any atom is 0.255 e. The van der Waals surface area contributed by atoms with Crippen LogP contribution in [0, 0.1) is 5.82 Å². The molecule has 0 aromatic heterocycles. The number of hydrogen-bond donors (Lipinski definition) is 1. The second-order valence-corrected chi connectivity index (χ2v) is 8.38. The van der Waals surface area contributed by atoms with Crippen LogP contribution in [0.15, 0.2) is 71.6 Å². The Hall–Kier alpha value is -3.03. The quantitative estimate of drug-likeness (QED) is 0.440. The Balaban J connectivity index is 1.67. The second-order valence-electron chi connectivity index (χ2n) is 6.93. The molecule has 32 heavy (non-hydrogen) atoms. The minimum Gasteiger partial charge on any atom is -0.495 e. The van der Waals surface area contributed by atoms with Gasteiger partial charge in [0, 0.05) is 22.7 Å². The SMILES string of the molecule is COc1ccc(Cl)cc1NC(=O)CN(C)C(=O)c1ccccc1SCc1ccccc1F. The zero-order valence-corrected chi connectivity index (χ0v) is 19.2. The molecule has 3 rings (SSSR count). The van der Waals surface area contributed by atoms with Gasteiger partial charge < -0.3 is 15.0 Å². The van der Waals surface area contributed by atoms with E-state index in [0.29, 0.717) is 38.2 Å². The number of rotatable bonds is 8. The first-order chi connectivity index (χ1) is 15.4. The van der Waals surface area contributed by atoms with E-state index in [2.05, 4.69) is 5.32 Å². The largest absolute Gasteiger partial charge is 0.495 e. The van der Waals surface area contributed by atoms with Crippen LogP contribution in [-0.2, 0) is 10.5 Å². The Morgan fingerprint density at radius 1 is 1.09 bits per heavy atom. The third-order valence-electron chi connectivity index (χ3n) is 4.62. The van der Waals surface area contributed by atoms with Crippen molar-refractivity contribution in [1.29, 1.82) is 0 Å². The number of nitrogens with one attached hydrogen (secondary N) is 1. The smallest absolute Gasteiger partial charge is 0.255 e. The van der Waals surface area contributed by atoms with Gasteiger partial charge in [-0.1, -0.05) is 41.9 Å². The molecule has 3 aromatic carbocycles. The third kappa shape index (κ3) is 6.02. The van der Waals surface area contributed by atoms with Gasteiger partial charge in [0.15, 0.2) is 0 Å². The monoisotopic (exact) mass is 472 g/mol. The number of halogens is 2. The average Bonchev–Trinajstić information content (AvgIpc) is 2.78. The topological polar surface area (TPSA) is 58.6 Å². The number of carbonyl (C=O) groups excluding carboxylic acids is 2. The Morgan fingerprint density at radius 3 is 2.56 bits per heavy atom. The average molecular weight is 473 g/mol. The third-order valence-corrected chi connectivity index (χ3v) is 5.98. The maximum atomic E-state index is 13.9. The number of methoxy groups -OCH3 is 1. The van der Waals surface area contributed by atoms with E-state index in [-0.39, 0.29) is 18.3 Å². The highest BCUT2D eigenvalue weighted by Gasteiger charge is 2.19. The number of hydrogen-bond acceptors (Lipinski definition) is 4. The molecule has 1 N–H and O–H groups in total. The van der Waals surface area contributed by atoms with Crippen LogP contribution in [0.4, 0.5) is 10.1 Å². The predicted octanol–water partition coefficient (Wildman–Crippen LogP) is 5.49. The summed E-state index contributed by atoms with van der Waals surface area (Å²) in [5, 5.41) is 3.17. The molecule has 5 nitrogen and oxygen atoms in total. The Morgan fingerprint density at radius 2 is 1.81 bits per heavy atom. The van der Waals surface area contributed by atoms with Crippen molar-refractivity contribution in [1.82, 2.24) is 4.90 Å². The fourth-order valence-electron chi connectivity index (χ4n) is 3.00. The molecule has 0 saturated carbocycles. The molecule has 0 unspecified atom stereocenters. The number of benzene rings is 3. The van der Waals surface area contributed by atoms with Crippen LogP contribution in [0.25, 0.3) is 0 Å². The molecule has 0 fully saturated rings. The van der Waals surface area contributed by atoms with Gasteiger partial charge in [0.2, 0.25) is 5.91 Å². The molecule has 166 valence electrons. The molecule has 0 aliphatic heterocycles. The molecule has 0 spiro atoms. The predicted molar refractivity (Wildman–Crippen MR) is 126 cm³/mol. The van der Waals surface area contributed by atoms with E-state index in [1.165, 1.54) is 29.8 Å². The summed E-state index contributed by atoms with van der Waals surface area (Å²) in [5.41, 5.74) is 1.43. The van der Waals surface area contributed by atoms with Crippen molar-refractivity contribution in [3.05, 3.63) is 88.7 Å². The van der Waals surface area contributed by atoms with Gasteiger partial charge >= 0.3 is 0 Å². The Bertz CT molecular complexity index is 1130. The summed E-state index contributed by atoms with van der Waals surface area (Å²) in [5.74, 6) is -0.135. The molecule has 2 amide bonds. The van der Waals surface area contributed by atoms with Crippen molar-refractivity contribution in [2.45, 2.75) is 10.6 Å². The lowest BCUT2D eigenvalue weighted by atomic mass is 10.2. The summed E-state index contributed by atoms with van der Waals surface area (Å²) >= 11 is 7.37. The first-order valence-electron chi connectivity index (χ1n) is 9.73. The van der Waals surface area contributed by atoms with Crippen LogP contribution >= 0.6 is 23.4 Å². The number of likely N-dealkylation sites (N-methyl/N-ethyl adjacent to an activating group) is 1. The van der Waals surface area contributed by atoms with Gasteiger partial charge in [-0.05, 0) is 42.0 Å². The normalized spacial score (nSPS) is 10.5. The zero-order chi connectivity index (χ0) is 23.1. The maximum absolute atomic E-state index is 13.9. The van der Waals surface area contributed by atoms with Crippen LogP contribution in [0.5, 0.6) is 5.75 Å². The number of thioether (sulfide) groups is 1. The van der Waals surface area contributed by atoms with Crippen molar-refractivity contribution in [2.24, 2.45) is 0 Å². The molecule has 0 saturated heterocycles. The molecular weight excluding hydrogens is 451 g/mol. The Labute approximate surface area is 195 Å². The van der Waals surface area contributed by atoms with Gasteiger partial charge in [0.1, 0.15) is 11.6 Å². The molecule has 0 aliphatic carbocycles. The van der Waals surface area contributed by atoms with E-state index >= 15 is 0 Å². The van der Waals surface area contributed by atoms with E-state index < -0.39 is 5.91 Å². The van der Waals surface area contributed by atoms with E-state index in [9.17, 15) is 14.0 Å². The fraction of sp³-hybridized carbons (Fsp3) is 0.167. The lowest BCUT2D eigenvalue weighted by molar-refractivity contribution is -0.116. The lowest BCUT2D eigenvalue weighted by Crippen LogP contribution is -2.35. The van der Waals surface area contributed by atoms with Crippen LogP contribution < -0.4 is 10.1 Å². The van der Waals surface area contributed by atoms with E-state index in [1.54, 1.807) is 55.6 Å². The first kappa shape index (κ1) is 23.6. The van der Waals surface area contributed by atoms with Gasteiger partial charge in [0.05, 0.1) is 24.9 Å². The lowest BCUT2D eigenvalue weighted by Gasteiger charge is -2.19. The van der Waals surface area contributed by atoms with Crippen LogP contribution in [0.3, 0.4) is 0 Å². The highest BCUT2D eigenvalue weighted by atomic mass is 35.5. The number of nitrogens with zero attached hydrogens (tertiary/aromatic N) is 1. The number of anilines is 1. The minimum atomic E-state index is -0.391. The summed E-state index contributed by atoms with van der Waals surface area (Å²) in [6.07, 6.45) is 0. The van der Waals surface area contributed by atoms with Crippen molar-refractivity contribution in [3.8, 4) is 5.75 Å². The molecule has 0 radical (unpaired) electrons. The van der Waals surface area contributed by atoms with Crippen molar-refractivity contribution in [3.63, 3.8) is 0 Å². The number of amides is 2. The highest BCUT2D eigenvalue weighted by molar-refractivity contribution is 7.98. The molecule has 3 aromatic rings. The van der Waals surface area contributed by atoms with Gasteiger partial charge in [-0.25, -0.2) is 4.39 Å². The number of ether oxygens (including phenoxy) is 1. The molecule has 8 heteroatoms. The summed E-state index contributed by atoms with van der Waals surface area (Å²) in [6.45, 7) is -0.166. The van der Waals surface area contributed by atoms with Crippen molar-refractivity contribution >= 4 is 40.9 Å². The zero-order valence-electron chi connectivity index (χ0n) is 17.6. The van der Waals surface area contributed by atoms with Crippen LogP contribution in [-0.4, -0.2) is 37.4 Å². The fourth-order valence-corrected chi connectivity index (χ4v) is 4.20. The van der Waals surface area contributed by atoms with E-state index in [4.69, 9.17) is 16.3 Å². The van der Waals surface area contributed by atoms with Gasteiger partial charge in [-0.15, -0.1) is 11.8 Å². The first-order valence-corrected chi connectivity index (χ1v) is 11.1. The molecule has 0 bridgehead atoms. The standard InChI is InChI=1S/C24H22ClFN2O3S/c1-28(14-23(29)27-20-13-17(25)11-12-21(20)31-2)24(30)18-8-4-6-10-22(18)32-15-16-7-3-5-9-19(16)26/h3-13H,14-15H2,1-2H3,(H,27,29). The highest BCUT2D eigenvalue weighted by Crippen LogP contribution is 2.29. The summed E-state index contributed by atoms with van der Waals surface area (Å²) in [4.78, 5) is 27.6. The second kappa shape index (κ2) is 11.0. The molecule has 0 aliphatic rings. The van der Waals surface area contributed by atoms with E-state index in [1.807, 2.05) is 12.1 Å². The van der Waals surface area contributed by atoms with Gasteiger partial charge in [-0.3, -0.25) is 9.59 Å². The van der Waals surface area contributed by atoms with Crippen molar-refractivity contribution in [2.75, 3.05) is 26.0 Å². The molecular formula is C24H22ClFN2O3S.